The molecule has 9 rings (SSSR count). The summed E-state index contributed by atoms with van der Waals surface area (Å²) < 4.78 is 2.29. The molecule has 0 aliphatic heterocycles. The molecule has 0 saturated heterocycles. The van der Waals surface area contributed by atoms with Gasteiger partial charge in [-0.2, -0.15) is 0 Å². The van der Waals surface area contributed by atoms with E-state index in [0.29, 0.717) is 5.82 Å². The van der Waals surface area contributed by atoms with E-state index in [1.54, 1.807) is 12.4 Å². The van der Waals surface area contributed by atoms with Gasteiger partial charge in [-0.25, -0.2) is 19.9 Å². The predicted molar refractivity (Wildman–Crippen MR) is 206 cm³/mol. The second-order valence-electron chi connectivity index (χ2n) is 12.3. The predicted octanol–water partition coefficient (Wildman–Crippen LogP) is 7.08. The van der Waals surface area contributed by atoms with Crippen molar-refractivity contribution in [3.05, 3.63) is 188 Å². The molecule has 0 saturated carbocycles. The minimum absolute atomic E-state index is 0.571. The number of benzene rings is 6. The Kier molecular flexibility index (Phi) is 7.41. The van der Waals surface area contributed by atoms with Gasteiger partial charge in [0, 0.05) is 28.7 Å². The van der Waals surface area contributed by atoms with Crippen LogP contribution in [0.15, 0.2) is 188 Å². The number of nitrogens with zero attached hydrogens (tertiary/aromatic N) is 5. The first-order valence-corrected chi connectivity index (χ1v) is 18.7. The van der Waals surface area contributed by atoms with Crippen LogP contribution in [-0.4, -0.2) is 32.6 Å². The summed E-state index contributed by atoms with van der Waals surface area (Å²) in [6.07, 6.45) is 3.58. The van der Waals surface area contributed by atoms with E-state index in [2.05, 4.69) is 168 Å². The number of rotatable bonds is 7. The van der Waals surface area contributed by atoms with Crippen molar-refractivity contribution in [1.82, 2.24) is 24.5 Å². The summed E-state index contributed by atoms with van der Waals surface area (Å²) in [5, 5.41) is 5.92. The highest BCUT2D eigenvalue weighted by Crippen LogP contribution is 2.37. The van der Waals surface area contributed by atoms with Crippen LogP contribution < -0.4 is 21.0 Å². The lowest BCUT2D eigenvalue weighted by atomic mass is 10.1. The van der Waals surface area contributed by atoms with E-state index in [9.17, 15) is 0 Å². The molecule has 0 aliphatic rings. The molecule has 6 aromatic carbocycles. The molecule has 0 aliphatic carbocycles. The molecule has 50 heavy (non-hydrogen) atoms. The largest absolute Gasteiger partial charge is 0.293 e. The summed E-state index contributed by atoms with van der Waals surface area (Å²) in [5.41, 5.74) is 5.44. The summed E-state index contributed by atoms with van der Waals surface area (Å²) in [4.78, 5) is 21.2. The smallest absolute Gasteiger partial charge is 0.226 e. The SMILES string of the molecule is c1ccc(-c2nc([Si](c3ccccc3)(c3ccccc3)c3ccccc3)nc(-n3c4ccccc4c4ccccc43)c2-c2ncccn2)cc1. The van der Waals surface area contributed by atoms with Crippen molar-refractivity contribution >= 4 is 50.9 Å². The van der Waals surface area contributed by atoms with Gasteiger partial charge in [-0.05, 0) is 33.8 Å². The van der Waals surface area contributed by atoms with E-state index >= 15 is 0 Å². The molecule has 6 heteroatoms. The topological polar surface area (TPSA) is 56.5 Å². The molecule has 0 bridgehead atoms. The van der Waals surface area contributed by atoms with Gasteiger partial charge in [0.15, 0.2) is 11.6 Å². The lowest BCUT2D eigenvalue weighted by Gasteiger charge is -2.33. The van der Waals surface area contributed by atoms with Crippen LogP contribution in [0.2, 0.25) is 0 Å². The summed E-state index contributed by atoms with van der Waals surface area (Å²) in [6.45, 7) is 0. The van der Waals surface area contributed by atoms with Gasteiger partial charge in [0.1, 0.15) is 5.45 Å². The van der Waals surface area contributed by atoms with Crippen molar-refractivity contribution in [2.75, 3.05) is 0 Å². The van der Waals surface area contributed by atoms with Gasteiger partial charge >= 0.3 is 0 Å². The number of aromatic nitrogens is 5. The Balaban J connectivity index is 1.52. The van der Waals surface area contributed by atoms with Crippen LogP contribution in [0.4, 0.5) is 0 Å². The number of fused-ring (bicyclic) bond motifs is 3. The molecule has 0 amide bonds. The molecule has 3 heterocycles. The van der Waals surface area contributed by atoms with E-state index in [1.165, 1.54) is 15.6 Å². The Morgan fingerprint density at radius 1 is 0.420 bits per heavy atom. The van der Waals surface area contributed by atoms with E-state index in [-0.39, 0.29) is 0 Å². The van der Waals surface area contributed by atoms with Crippen molar-refractivity contribution in [3.8, 4) is 28.5 Å². The van der Waals surface area contributed by atoms with Crippen LogP contribution >= 0.6 is 0 Å². The van der Waals surface area contributed by atoms with E-state index in [4.69, 9.17) is 19.9 Å². The van der Waals surface area contributed by atoms with Crippen LogP contribution in [0.25, 0.3) is 50.3 Å². The lowest BCUT2D eigenvalue weighted by Crippen LogP contribution is -2.76. The number of hydrogen-bond donors (Lipinski definition) is 0. The highest BCUT2D eigenvalue weighted by Gasteiger charge is 2.45. The second-order valence-corrected chi connectivity index (χ2v) is 15.9. The van der Waals surface area contributed by atoms with Gasteiger partial charge in [0.2, 0.25) is 8.07 Å². The minimum Gasteiger partial charge on any atom is -0.293 e. The van der Waals surface area contributed by atoms with Crippen molar-refractivity contribution < 1.29 is 0 Å². The zero-order valence-corrected chi connectivity index (χ0v) is 28.1. The Bertz CT molecular complexity index is 2420. The molecule has 0 radical (unpaired) electrons. The average molecular weight is 658 g/mol. The van der Waals surface area contributed by atoms with E-state index in [1.807, 2.05) is 12.1 Å². The van der Waals surface area contributed by atoms with Crippen molar-refractivity contribution in [3.63, 3.8) is 0 Å². The van der Waals surface area contributed by atoms with Crippen molar-refractivity contribution in [2.24, 2.45) is 0 Å². The van der Waals surface area contributed by atoms with Crippen LogP contribution in [0, 0.1) is 0 Å². The zero-order chi connectivity index (χ0) is 33.3. The van der Waals surface area contributed by atoms with Gasteiger partial charge in [0.05, 0.1) is 22.3 Å². The maximum atomic E-state index is 5.81. The van der Waals surface area contributed by atoms with Crippen molar-refractivity contribution in [1.29, 1.82) is 0 Å². The fourth-order valence-electron chi connectivity index (χ4n) is 7.32. The van der Waals surface area contributed by atoms with E-state index in [0.717, 1.165) is 49.9 Å². The molecule has 9 aromatic rings. The Morgan fingerprint density at radius 2 is 0.860 bits per heavy atom. The molecular weight excluding hydrogens is 627 g/mol. The van der Waals surface area contributed by atoms with E-state index < -0.39 is 8.07 Å². The number of para-hydroxylation sites is 2. The fourth-order valence-corrected chi connectivity index (χ4v) is 11.7. The Labute approximate surface area is 291 Å². The van der Waals surface area contributed by atoms with Crippen LogP contribution in [-0.2, 0) is 0 Å². The number of hydrogen-bond acceptors (Lipinski definition) is 4. The molecule has 5 nitrogen and oxygen atoms in total. The molecule has 0 N–H and O–H groups in total. The molecule has 236 valence electrons. The lowest BCUT2D eigenvalue weighted by molar-refractivity contribution is 1.05. The summed E-state index contributed by atoms with van der Waals surface area (Å²) in [7, 11) is -3.14. The van der Waals surface area contributed by atoms with Gasteiger partial charge < -0.3 is 0 Å². The maximum Gasteiger partial charge on any atom is 0.226 e. The highest BCUT2D eigenvalue weighted by atomic mass is 28.3. The molecule has 0 fully saturated rings. The first kappa shape index (κ1) is 29.6. The summed E-state index contributed by atoms with van der Waals surface area (Å²) in [5.74, 6) is 1.32. The third kappa shape index (κ3) is 4.77. The first-order valence-electron chi connectivity index (χ1n) is 16.7. The molecule has 3 aromatic heterocycles. The van der Waals surface area contributed by atoms with Crippen LogP contribution in [0.1, 0.15) is 0 Å². The van der Waals surface area contributed by atoms with Gasteiger partial charge in [-0.1, -0.05) is 158 Å². The van der Waals surface area contributed by atoms with Crippen molar-refractivity contribution in [2.45, 2.75) is 0 Å². The van der Waals surface area contributed by atoms with Crippen LogP contribution in [0.3, 0.4) is 0 Å². The average Bonchev–Trinajstić information content (AvgIpc) is 3.54. The zero-order valence-electron chi connectivity index (χ0n) is 27.1. The standard InChI is InChI=1S/C44H31N5Si/c1-5-18-32(19-6-1)41-40(42-45-30-17-31-46-42)43(49-38-28-15-13-26-36(38)37-27-14-16-29-39(37)49)48-44(47-41)50(33-20-7-2-8-21-33,34-22-9-3-10-23-34)35-24-11-4-12-25-35/h1-31H. The normalized spacial score (nSPS) is 11.6. The van der Waals surface area contributed by atoms with Gasteiger partial charge in [-0.3, -0.25) is 4.57 Å². The quantitative estimate of drug-likeness (QED) is 0.136. The third-order valence-corrected chi connectivity index (χ3v) is 14.0. The Morgan fingerprint density at radius 3 is 1.36 bits per heavy atom. The summed E-state index contributed by atoms with van der Waals surface area (Å²) in [6, 6.07) is 61.8. The maximum absolute atomic E-state index is 5.81. The second kappa shape index (κ2) is 12.5. The molecule has 0 unspecified atom stereocenters. The Hall–Kier alpha value is -6.50. The highest BCUT2D eigenvalue weighted by molar-refractivity contribution is 7.19. The van der Waals surface area contributed by atoms with Gasteiger partial charge in [0.25, 0.3) is 0 Å². The molecular formula is C44H31N5Si. The molecule has 0 spiro atoms. The van der Waals surface area contributed by atoms with Gasteiger partial charge in [-0.15, -0.1) is 0 Å². The fraction of sp³-hybridized carbons (Fsp3) is 0. The third-order valence-electron chi connectivity index (χ3n) is 9.47. The monoisotopic (exact) mass is 657 g/mol. The van der Waals surface area contributed by atoms with Crippen LogP contribution in [0.5, 0.6) is 0 Å². The molecule has 0 atom stereocenters. The minimum atomic E-state index is -3.14. The first-order chi connectivity index (χ1) is 24.8. The summed E-state index contributed by atoms with van der Waals surface area (Å²) >= 11 is 0.